The summed E-state index contributed by atoms with van der Waals surface area (Å²) in [5, 5.41) is 10.3. The second-order valence-corrected chi connectivity index (χ2v) is 4.37. The van der Waals surface area contributed by atoms with Crippen LogP contribution in [0.25, 0.3) is 0 Å². The van der Waals surface area contributed by atoms with Crippen LogP contribution in [-0.4, -0.2) is 16.8 Å². The summed E-state index contributed by atoms with van der Waals surface area (Å²) in [6, 6.07) is 12.3. The molecule has 2 aromatic rings. The van der Waals surface area contributed by atoms with E-state index < -0.39 is 6.10 Å². The second-order valence-electron chi connectivity index (χ2n) is 4.37. The van der Waals surface area contributed by atoms with Gasteiger partial charge in [-0.3, -0.25) is 4.79 Å². The normalized spacial score (nSPS) is 12.2. The molecule has 4 heteroatoms. The number of aliphatic hydroxyl groups excluding tert-OH is 1. The van der Waals surface area contributed by atoms with E-state index in [4.69, 9.17) is 4.74 Å². The van der Waals surface area contributed by atoms with Gasteiger partial charge in [0.1, 0.15) is 11.9 Å². The average molecular weight is 259 g/mol. The van der Waals surface area contributed by atoms with Crippen molar-refractivity contribution in [3.8, 4) is 5.75 Å². The van der Waals surface area contributed by atoms with Crippen LogP contribution in [-0.2, 0) is 6.54 Å². The molecule has 100 valence electrons. The van der Waals surface area contributed by atoms with E-state index in [0.29, 0.717) is 11.3 Å². The number of aliphatic hydroxyl groups is 1. The fourth-order valence-corrected chi connectivity index (χ4v) is 2.07. The topological polar surface area (TPSA) is 51.5 Å². The van der Waals surface area contributed by atoms with Gasteiger partial charge < -0.3 is 14.4 Å². The smallest absolute Gasteiger partial charge is 0.250 e. The molecule has 0 aliphatic carbocycles. The summed E-state index contributed by atoms with van der Waals surface area (Å²) in [6.07, 6.45) is -0.782. The first-order valence-corrected chi connectivity index (χ1v) is 6.11. The highest BCUT2D eigenvalue weighted by Gasteiger charge is 2.14. The van der Waals surface area contributed by atoms with Crippen molar-refractivity contribution in [2.75, 3.05) is 7.11 Å². The van der Waals surface area contributed by atoms with Gasteiger partial charge in [0, 0.05) is 17.3 Å². The fraction of sp³-hybridized carbons (Fsp3) is 0.267. The van der Waals surface area contributed by atoms with Crippen LogP contribution in [0.3, 0.4) is 0 Å². The zero-order valence-electron chi connectivity index (χ0n) is 11.0. The minimum Gasteiger partial charge on any atom is -0.496 e. The summed E-state index contributed by atoms with van der Waals surface area (Å²) in [7, 11) is 1.56. The summed E-state index contributed by atoms with van der Waals surface area (Å²) < 4.78 is 6.77. The molecule has 0 radical (unpaired) electrons. The lowest BCUT2D eigenvalue weighted by Crippen LogP contribution is -2.24. The minimum absolute atomic E-state index is 0.117. The van der Waals surface area contributed by atoms with Crippen molar-refractivity contribution in [2.45, 2.75) is 19.6 Å². The third-order valence-electron chi connectivity index (χ3n) is 3.12. The molecule has 0 spiro atoms. The molecule has 2 rings (SSSR count). The third-order valence-corrected chi connectivity index (χ3v) is 3.12. The molecule has 19 heavy (non-hydrogen) atoms. The van der Waals surface area contributed by atoms with Gasteiger partial charge in [0.25, 0.3) is 5.56 Å². The Morgan fingerprint density at radius 1 is 1.21 bits per heavy atom. The first-order valence-electron chi connectivity index (χ1n) is 6.11. The van der Waals surface area contributed by atoms with E-state index in [1.165, 1.54) is 6.07 Å². The van der Waals surface area contributed by atoms with Gasteiger partial charge in [0.2, 0.25) is 0 Å². The third kappa shape index (κ3) is 2.85. The number of aromatic nitrogens is 1. The van der Waals surface area contributed by atoms with Crippen LogP contribution in [0.2, 0.25) is 0 Å². The van der Waals surface area contributed by atoms with Gasteiger partial charge in [0.05, 0.1) is 13.7 Å². The molecule has 0 aliphatic heterocycles. The summed E-state index contributed by atoms with van der Waals surface area (Å²) >= 11 is 0. The van der Waals surface area contributed by atoms with Crippen LogP contribution in [0.4, 0.5) is 0 Å². The first kappa shape index (κ1) is 13.4. The van der Waals surface area contributed by atoms with E-state index >= 15 is 0 Å². The fourth-order valence-electron chi connectivity index (χ4n) is 2.07. The first-order chi connectivity index (χ1) is 9.13. The SMILES string of the molecule is COc1ccccc1C(O)Cn1c(C)cccc1=O. The van der Waals surface area contributed by atoms with Crippen LogP contribution < -0.4 is 10.3 Å². The molecule has 0 amide bonds. The molecule has 1 aromatic heterocycles. The molecule has 1 N–H and O–H groups in total. The number of aryl methyl sites for hydroxylation is 1. The number of pyridine rings is 1. The number of hydrogen-bond donors (Lipinski definition) is 1. The van der Waals surface area contributed by atoms with Crippen molar-refractivity contribution in [1.82, 2.24) is 4.57 Å². The number of benzene rings is 1. The summed E-state index contributed by atoms with van der Waals surface area (Å²) in [5.41, 5.74) is 1.38. The van der Waals surface area contributed by atoms with E-state index in [2.05, 4.69) is 0 Å². The molecule has 1 unspecified atom stereocenters. The molecule has 1 heterocycles. The van der Waals surface area contributed by atoms with E-state index in [1.54, 1.807) is 29.9 Å². The largest absolute Gasteiger partial charge is 0.496 e. The molecule has 1 atom stereocenters. The summed E-state index contributed by atoms with van der Waals surface area (Å²) in [5.74, 6) is 0.622. The van der Waals surface area contributed by atoms with Crippen molar-refractivity contribution in [1.29, 1.82) is 0 Å². The Balaban J connectivity index is 2.31. The Morgan fingerprint density at radius 3 is 2.63 bits per heavy atom. The van der Waals surface area contributed by atoms with E-state index in [-0.39, 0.29) is 12.1 Å². The molecule has 1 aromatic carbocycles. The van der Waals surface area contributed by atoms with Crippen LogP contribution >= 0.6 is 0 Å². The number of methoxy groups -OCH3 is 1. The minimum atomic E-state index is -0.782. The summed E-state index contributed by atoms with van der Waals surface area (Å²) in [4.78, 5) is 11.8. The Labute approximate surface area is 111 Å². The van der Waals surface area contributed by atoms with Gasteiger partial charge in [-0.1, -0.05) is 24.3 Å². The number of nitrogens with zero attached hydrogens (tertiary/aromatic N) is 1. The zero-order chi connectivity index (χ0) is 13.8. The number of para-hydroxylation sites is 1. The highest BCUT2D eigenvalue weighted by molar-refractivity contribution is 5.34. The molecule has 0 saturated heterocycles. The van der Waals surface area contributed by atoms with Crippen LogP contribution in [0.5, 0.6) is 5.75 Å². The van der Waals surface area contributed by atoms with Gasteiger partial charge in [-0.25, -0.2) is 0 Å². The van der Waals surface area contributed by atoms with Gasteiger partial charge in [-0.15, -0.1) is 0 Å². The molecule has 0 bridgehead atoms. The number of hydrogen-bond acceptors (Lipinski definition) is 3. The van der Waals surface area contributed by atoms with Gasteiger partial charge >= 0.3 is 0 Å². The van der Waals surface area contributed by atoms with Crippen LogP contribution in [0.15, 0.2) is 47.3 Å². The van der Waals surface area contributed by atoms with E-state index in [0.717, 1.165) is 5.69 Å². The van der Waals surface area contributed by atoms with Crippen molar-refractivity contribution >= 4 is 0 Å². The Hall–Kier alpha value is -2.07. The standard InChI is InChI=1S/C15H17NO3/c1-11-6-5-9-15(18)16(11)10-13(17)12-7-3-4-8-14(12)19-2/h3-9,13,17H,10H2,1-2H3. The predicted molar refractivity (Wildman–Crippen MR) is 73.4 cm³/mol. The van der Waals surface area contributed by atoms with Crippen molar-refractivity contribution in [2.24, 2.45) is 0 Å². The maximum absolute atomic E-state index is 11.8. The van der Waals surface area contributed by atoms with Gasteiger partial charge in [0.15, 0.2) is 0 Å². The van der Waals surface area contributed by atoms with Crippen LogP contribution in [0.1, 0.15) is 17.4 Å². The van der Waals surface area contributed by atoms with Gasteiger partial charge in [-0.2, -0.15) is 0 Å². The molecule has 0 saturated carbocycles. The van der Waals surface area contributed by atoms with Gasteiger partial charge in [-0.05, 0) is 19.1 Å². The quantitative estimate of drug-likeness (QED) is 0.912. The number of ether oxygens (including phenoxy) is 1. The Kier molecular flexibility index (Phi) is 4.02. The summed E-state index contributed by atoms with van der Waals surface area (Å²) in [6.45, 7) is 2.06. The Morgan fingerprint density at radius 2 is 1.95 bits per heavy atom. The molecular weight excluding hydrogens is 242 g/mol. The van der Waals surface area contributed by atoms with Crippen molar-refractivity contribution in [3.63, 3.8) is 0 Å². The second kappa shape index (κ2) is 5.71. The maximum Gasteiger partial charge on any atom is 0.250 e. The predicted octanol–water partition coefficient (Wildman–Crippen LogP) is 1.90. The molecule has 0 aliphatic rings. The van der Waals surface area contributed by atoms with Crippen molar-refractivity contribution < 1.29 is 9.84 Å². The van der Waals surface area contributed by atoms with Crippen LogP contribution in [0, 0.1) is 6.92 Å². The average Bonchev–Trinajstić information content (AvgIpc) is 2.42. The Bertz CT molecular complexity index is 619. The zero-order valence-corrected chi connectivity index (χ0v) is 11.0. The van der Waals surface area contributed by atoms with E-state index in [1.807, 2.05) is 25.1 Å². The molecule has 0 fully saturated rings. The lowest BCUT2D eigenvalue weighted by Gasteiger charge is -2.17. The van der Waals surface area contributed by atoms with Crippen molar-refractivity contribution in [3.05, 3.63) is 64.1 Å². The lowest BCUT2D eigenvalue weighted by atomic mass is 10.1. The molecule has 4 nitrogen and oxygen atoms in total. The maximum atomic E-state index is 11.8. The number of rotatable bonds is 4. The lowest BCUT2D eigenvalue weighted by molar-refractivity contribution is 0.150. The molecular formula is C15H17NO3. The highest BCUT2D eigenvalue weighted by Crippen LogP contribution is 2.25. The monoisotopic (exact) mass is 259 g/mol. The van der Waals surface area contributed by atoms with E-state index in [9.17, 15) is 9.90 Å². The highest BCUT2D eigenvalue weighted by atomic mass is 16.5.